The molecule has 0 heterocycles. The van der Waals surface area contributed by atoms with Gasteiger partial charge in [-0.1, -0.05) is 0 Å². The number of hydrogen-bond donors (Lipinski definition) is 3. The van der Waals surface area contributed by atoms with Crippen molar-refractivity contribution >= 4 is 5.69 Å². The molecule has 1 rings (SSSR count). The first-order chi connectivity index (χ1) is 7.65. The number of anilines is 1. The SMILES string of the molecule is COc1c(N)cc(C)c(CCO)c1CCO. The Labute approximate surface area is 95.7 Å². The average molecular weight is 225 g/mol. The van der Waals surface area contributed by atoms with Gasteiger partial charge in [-0.2, -0.15) is 0 Å². The molecule has 0 spiro atoms. The molecule has 0 aliphatic heterocycles. The maximum Gasteiger partial charge on any atom is 0.145 e. The molecule has 0 amide bonds. The Morgan fingerprint density at radius 2 is 1.75 bits per heavy atom. The summed E-state index contributed by atoms with van der Waals surface area (Å²) in [5.41, 5.74) is 9.37. The van der Waals surface area contributed by atoms with Gasteiger partial charge in [-0.25, -0.2) is 0 Å². The van der Waals surface area contributed by atoms with Crippen LogP contribution in [-0.4, -0.2) is 30.5 Å². The van der Waals surface area contributed by atoms with E-state index in [1.165, 1.54) is 0 Å². The molecule has 0 aliphatic rings. The highest BCUT2D eigenvalue weighted by Gasteiger charge is 2.14. The largest absolute Gasteiger partial charge is 0.494 e. The van der Waals surface area contributed by atoms with E-state index in [1.54, 1.807) is 7.11 Å². The minimum absolute atomic E-state index is 0.0394. The zero-order valence-electron chi connectivity index (χ0n) is 9.79. The summed E-state index contributed by atoms with van der Waals surface area (Å²) in [5, 5.41) is 18.1. The maximum atomic E-state index is 9.06. The molecule has 0 bridgehead atoms. The van der Waals surface area contributed by atoms with Crippen LogP contribution in [0.4, 0.5) is 5.69 Å². The molecule has 16 heavy (non-hydrogen) atoms. The molecule has 0 fully saturated rings. The Kier molecular flexibility index (Phi) is 4.58. The van der Waals surface area contributed by atoms with Crippen LogP contribution in [0.2, 0.25) is 0 Å². The van der Waals surface area contributed by atoms with Crippen molar-refractivity contribution in [1.29, 1.82) is 0 Å². The van der Waals surface area contributed by atoms with Crippen LogP contribution in [0.15, 0.2) is 6.07 Å². The lowest BCUT2D eigenvalue weighted by molar-refractivity contribution is 0.290. The van der Waals surface area contributed by atoms with Gasteiger partial charge in [0.25, 0.3) is 0 Å². The minimum atomic E-state index is 0.0394. The van der Waals surface area contributed by atoms with Gasteiger partial charge in [0.15, 0.2) is 0 Å². The van der Waals surface area contributed by atoms with Crippen LogP contribution < -0.4 is 10.5 Å². The second kappa shape index (κ2) is 5.72. The summed E-state index contributed by atoms with van der Waals surface area (Å²) < 4.78 is 5.25. The first-order valence-corrected chi connectivity index (χ1v) is 5.32. The topological polar surface area (TPSA) is 75.7 Å². The molecule has 0 radical (unpaired) electrons. The van der Waals surface area contributed by atoms with Gasteiger partial charge in [0.1, 0.15) is 5.75 Å². The van der Waals surface area contributed by atoms with E-state index in [0.717, 1.165) is 16.7 Å². The monoisotopic (exact) mass is 225 g/mol. The molecule has 4 nitrogen and oxygen atoms in total. The number of hydrogen-bond acceptors (Lipinski definition) is 4. The number of rotatable bonds is 5. The molecule has 4 heteroatoms. The number of methoxy groups -OCH3 is 1. The molecule has 0 unspecified atom stereocenters. The quantitative estimate of drug-likeness (QED) is 0.643. The van der Waals surface area contributed by atoms with Gasteiger partial charge >= 0.3 is 0 Å². The van der Waals surface area contributed by atoms with E-state index >= 15 is 0 Å². The minimum Gasteiger partial charge on any atom is -0.494 e. The number of nitrogen functional groups attached to an aromatic ring is 1. The van der Waals surface area contributed by atoms with Crippen molar-refractivity contribution in [3.05, 3.63) is 22.8 Å². The molecule has 0 atom stereocenters. The van der Waals surface area contributed by atoms with E-state index in [9.17, 15) is 0 Å². The lowest BCUT2D eigenvalue weighted by atomic mass is 9.95. The third kappa shape index (κ3) is 2.46. The number of ether oxygens (including phenoxy) is 1. The zero-order chi connectivity index (χ0) is 12.1. The second-order valence-corrected chi connectivity index (χ2v) is 3.72. The average Bonchev–Trinajstić information content (AvgIpc) is 2.24. The molecule has 0 saturated heterocycles. The lowest BCUT2D eigenvalue weighted by Crippen LogP contribution is -2.08. The van der Waals surface area contributed by atoms with E-state index < -0.39 is 0 Å². The molecular weight excluding hydrogens is 206 g/mol. The predicted molar refractivity (Wildman–Crippen MR) is 63.7 cm³/mol. The van der Waals surface area contributed by atoms with E-state index in [0.29, 0.717) is 24.3 Å². The Morgan fingerprint density at radius 1 is 1.19 bits per heavy atom. The molecule has 0 saturated carbocycles. The van der Waals surface area contributed by atoms with Gasteiger partial charge in [0.05, 0.1) is 12.8 Å². The second-order valence-electron chi connectivity index (χ2n) is 3.72. The number of aryl methyl sites for hydroxylation is 1. The van der Waals surface area contributed by atoms with E-state index in [4.69, 9.17) is 20.7 Å². The van der Waals surface area contributed by atoms with Gasteiger partial charge in [-0.05, 0) is 37.0 Å². The van der Waals surface area contributed by atoms with Crippen LogP contribution >= 0.6 is 0 Å². The van der Waals surface area contributed by atoms with E-state index in [2.05, 4.69) is 0 Å². The third-order valence-electron chi connectivity index (χ3n) is 2.68. The Bertz CT molecular complexity index is 364. The van der Waals surface area contributed by atoms with Gasteiger partial charge in [-0.3, -0.25) is 0 Å². The summed E-state index contributed by atoms with van der Waals surface area (Å²) in [6.07, 6.45) is 1.04. The molecule has 0 aromatic heterocycles. The van der Waals surface area contributed by atoms with Crippen molar-refractivity contribution in [3.8, 4) is 5.75 Å². The van der Waals surface area contributed by atoms with Crippen LogP contribution in [-0.2, 0) is 12.8 Å². The summed E-state index contributed by atoms with van der Waals surface area (Å²) in [4.78, 5) is 0. The van der Waals surface area contributed by atoms with Crippen LogP contribution in [0, 0.1) is 6.92 Å². The number of aliphatic hydroxyl groups excluding tert-OH is 2. The third-order valence-corrected chi connectivity index (χ3v) is 2.68. The Morgan fingerprint density at radius 3 is 2.25 bits per heavy atom. The predicted octanol–water partition coefficient (Wildman–Crippen LogP) is 0.655. The summed E-state index contributed by atoms with van der Waals surface area (Å²) in [6, 6.07) is 1.84. The highest BCUT2D eigenvalue weighted by Crippen LogP contribution is 2.32. The number of benzene rings is 1. The van der Waals surface area contributed by atoms with Crippen molar-refractivity contribution in [2.75, 3.05) is 26.1 Å². The fourth-order valence-electron chi connectivity index (χ4n) is 2.01. The molecule has 90 valence electrons. The van der Waals surface area contributed by atoms with Crippen molar-refractivity contribution in [3.63, 3.8) is 0 Å². The summed E-state index contributed by atoms with van der Waals surface area (Å²) in [6.45, 7) is 2.06. The first kappa shape index (κ1) is 12.8. The van der Waals surface area contributed by atoms with Crippen LogP contribution in [0.5, 0.6) is 5.75 Å². The van der Waals surface area contributed by atoms with Crippen molar-refractivity contribution in [2.24, 2.45) is 0 Å². The van der Waals surface area contributed by atoms with E-state index in [-0.39, 0.29) is 13.2 Å². The van der Waals surface area contributed by atoms with Gasteiger partial charge in [0, 0.05) is 18.8 Å². The van der Waals surface area contributed by atoms with Crippen LogP contribution in [0.25, 0.3) is 0 Å². The van der Waals surface area contributed by atoms with Gasteiger partial charge < -0.3 is 20.7 Å². The molecule has 4 N–H and O–H groups in total. The lowest BCUT2D eigenvalue weighted by Gasteiger charge is -2.17. The standard InChI is InChI=1S/C12H19NO3/c1-8-7-11(13)12(16-2)10(4-6-15)9(8)3-5-14/h7,14-15H,3-6,13H2,1-2H3. The molecule has 1 aromatic carbocycles. The van der Waals surface area contributed by atoms with Crippen LogP contribution in [0.1, 0.15) is 16.7 Å². The van der Waals surface area contributed by atoms with E-state index in [1.807, 2.05) is 13.0 Å². The van der Waals surface area contributed by atoms with Gasteiger partial charge in [-0.15, -0.1) is 0 Å². The molecule has 1 aromatic rings. The maximum absolute atomic E-state index is 9.06. The van der Waals surface area contributed by atoms with Crippen LogP contribution in [0.3, 0.4) is 0 Å². The first-order valence-electron chi connectivity index (χ1n) is 5.32. The summed E-state index contributed by atoms with van der Waals surface area (Å²) in [5.74, 6) is 0.614. The fraction of sp³-hybridized carbons (Fsp3) is 0.500. The van der Waals surface area contributed by atoms with Crippen molar-refractivity contribution < 1.29 is 14.9 Å². The summed E-state index contributed by atoms with van der Waals surface area (Å²) >= 11 is 0. The molecule has 0 aliphatic carbocycles. The summed E-state index contributed by atoms with van der Waals surface area (Å²) in [7, 11) is 1.56. The highest BCUT2D eigenvalue weighted by atomic mass is 16.5. The van der Waals surface area contributed by atoms with Crippen molar-refractivity contribution in [2.45, 2.75) is 19.8 Å². The van der Waals surface area contributed by atoms with Crippen molar-refractivity contribution in [1.82, 2.24) is 0 Å². The Balaban J connectivity index is 3.32. The number of nitrogens with two attached hydrogens (primary N) is 1. The number of aliphatic hydroxyl groups is 2. The molecular formula is C12H19NO3. The zero-order valence-corrected chi connectivity index (χ0v) is 9.79. The highest BCUT2D eigenvalue weighted by molar-refractivity contribution is 5.62. The van der Waals surface area contributed by atoms with Gasteiger partial charge in [0.2, 0.25) is 0 Å². The fourth-order valence-corrected chi connectivity index (χ4v) is 2.01. The normalized spacial score (nSPS) is 10.5. The Hall–Kier alpha value is -1.26. The smallest absolute Gasteiger partial charge is 0.145 e.